The lowest BCUT2D eigenvalue weighted by molar-refractivity contribution is -0.122. The Morgan fingerprint density at radius 3 is 2.76 bits per heavy atom. The summed E-state index contributed by atoms with van der Waals surface area (Å²) in [7, 11) is 3.37. The third-order valence-corrected chi connectivity index (χ3v) is 5.19. The lowest BCUT2D eigenvalue weighted by Gasteiger charge is -2.17. The molecule has 0 rings (SSSR count). The Labute approximate surface area is 117 Å². The van der Waals surface area contributed by atoms with E-state index in [1.165, 1.54) is 0 Å². The fourth-order valence-corrected chi connectivity index (χ4v) is 3.34. The maximum atomic E-state index is 11.8. The summed E-state index contributed by atoms with van der Waals surface area (Å²) >= 11 is 1.76. The first-order chi connectivity index (χ1) is 8.15. The minimum absolute atomic E-state index is 0.0322. The molecule has 17 heavy (non-hydrogen) atoms. The summed E-state index contributed by atoms with van der Waals surface area (Å²) in [6.07, 6.45) is 4.72. The summed E-state index contributed by atoms with van der Waals surface area (Å²) in [6, 6.07) is -0.402. The molecule has 0 aliphatic heterocycles. The van der Waals surface area contributed by atoms with E-state index in [9.17, 15) is 4.79 Å². The van der Waals surface area contributed by atoms with E-state index < -0.39 is 6.04 Å². The van der Waals surface area contributed by atoms with Crippen molar-refractivity contribution in [1.29, 1.82) is 0 Å². The van der Waals surface area contributed by atoms with Gasteiger partial charge in [0, 0.05) is 17.5 Å². The van der Waals surface area contributed by atoms with Gasteiger partial charge in [0.05, 0.1) is 6.04 Å². The van der Waals surface area contributed by atoms with Crippen molar-refractivity contribution in [2.45, 2.75) is 25.4 Å². The van der Waals surface area contributed by atoms with Crippen LogP contribution in [0.25, 0.3) is 0 Å². The number of hydrogen-bond acceptors (Lipinski definition) is 5. The van der Waals surface area contributed by atoms with Crippen LogP contribution in [0.15, 0.2) is 12.7 Å². The van der Waals surface area contributed by atoms with E-state index in [4.69, 9.17) is 5.73 Å². The fourth-order valence-electron chi connectivity index (χ4n) is 1.06. The van der Waals surface area contributed by atoms with Crippen molar-refractivity contribution < 1.29 is 4.79 Å². The summed E-state index contributed by atoms with van der Waals surface area (Å²) in [6.45, 7) is 5.81. The lowest BCUT2D eigenvalue weighted by atomic mass is 10.2. The van der Waals surface area contributed by atoms with E-state index in [1.807, 2.05) is 6.26 Å². The number of carbonyl (C=O) groups excluding carboxylic acids is 1. The molecule has 6 heteroatoms. The van der Waals surface area contributed by atoms with Crippen molar-refractivity contribution in [3.8, 4) is 0 Å². The van der Waals surface area contributed by atoms with Crippen molar-refractivity contribution in [3.63, 3.8) is 0 Å². The molecule has 0 spiro atoms. The van der Waals surface area contributed by atoms with Gasteiger partial charge in [-0.3, -0.25) is 4.79 Å². The molecule has 2 unspecified atom stereocenters. The van der Waals surface area contributed by atoms with Gasteiger partial charge < -0.3 is 11.1 Å². The molecule has 0 saturated carbocycles. The van der Waals surface area contributed by atoms with Gasteiger partial charge in [0.2, 0.25) is 5.91 Å². The second-order valence-corrected chi connectivity index (χ2v) is 7.21. The molecule has 0 aromatic heterocycles. The number of nitrogens with one attached hydrogen (secondary N) is 1. The highest BCUT2D eigenvalue weighted by Gasteiger charge is 2.16. The monoisotopic (exact) mass is 294 g/mol. The Bertz CT molecular complexity index is 227. The summed E-state index contributed by atoms with van der Waals surface area (Å²) in [5.74, 6) is 2.60. The molecule has 2 atom stereocenters. The molecule has 0 saturated heterocycles. The van der Waals surface area contributed by atoms with E-state index >= 15 is 0 Å². The van der Waals surface area contributed by atoms with Crippen LogP contribution in [0.5, 0.6) is 0 Å². The van der Waals surface area contributed by atoms with Crippen LogP contribution in [-0.4, -0.2) is 41.5 Å². The molecule has 100 valence electrons. The molecule has 0 heterocycles. The van der Waals surface area contributed by atoms with Gasteiger partial charge in [-0.15, -0.1) is 6.58 Å². The number of amides is 1. The first-order valence-corrected chi connectivity index (χ1v) is 9.45. The second-order valence-electron chi connectivity index (χ2n) is 3.43. The van der Waals surface area contributed by atoms with Gasteiger partial charge in [0.25, 0.3) is 0 Å². The summed E-state index contributed by atoms with van der Waals surface area (Å²) in [5.41, 5.74) is 5.80. The number of thioether (sulfide) groups is 1. The van der Waals surface area contributed by atoms with Crippen LogP contribution in [0.3, 0.4) is 0 Å². The van der Waals surface area contributed by atoms with Crippen molar-refractivity contribution in [2.75, 3.05) is 23.5 Å². The Balaban J connectivity index is 3.90. The van der Waals surface area contributed by atoms with Crippen LogP contribution in [0.1, 0.15) is 13.3 Å². The Hall–Kier alpha value is 0.220. The number of nitrogens with two attached hydrogens (primary N) is 1. The molecule has 3 nitrogen and oxygen atoms in total. The van der Waals surface area contributed by atoms with E-state index in [0.29, 0.717) is 5.75 Å². The number of carbonyl (C=O) groups is 1. The van der Waals surface area contributed by atoms with Crippen molar-refractivity contribution in [3.05, 3.63) is 12.7 Å². The van der Waals surface area contributed by atoms with E-state index in [-0.39, 0.29) is 11.9 Å². The van der Waals surface area contributed by atoms with Gasteiger partial charge in [-0.05, 0) is 18.4 Å². The molecule has 1 amide bonds. The quantitative estimate of drug-likeness (QED) is 0.367. The number of hydrogen-bond donors (Lipinski definition) is 2. The van der Waals surface area contributed by atoms with Gasteiger partial charge in [0.1, 0.15) is 0 Å². The molecule has 0 aliphatic rings. The lowest BCUT2D eigenvalue weighted by Crippen LogP contribution is -2.46. The molecule has 0 aromatic rings. The molecule has 0 bridgehead atoms. The summed E-state index contributed by atoms with van der Waals surface area (Å²) < 4.78 is 0. The first-order valence-electron chi connectivity index (χ1n) is 5.57. The maximum Gasteiger partial charge on any atom is 0.238 e. The van der Waals surface area contributed by atoms with Crippen molar-refractivity contribution >= 4 is 39.3 Å². The minimum Gasteiger partial charge on any atom is -0.349 e. The van der Waals surface area contributed by atoms with Gasteiger partial charge in [-0.25, -0.2) is 0 Å². The average Bonchev–Trinajstić information content (AvgIpc) is 2.34. The predicted octanol–water partition coefficient (Wildman–Crippen LogP) is 2.14. The predicted molar refractivity (Wildman–Crippen MR) is 83.7 cm³/mol. The zero-order valence-corrected chi connectivity index (χ0v) is 12.9. The molecular formula is C11H22N2OS3. The molecule has 0 fully saturated rings. The molecule has 0 aliphatic carbocycles. The minimum atomic E-state index is -0.434. The van der Waals surface area contributed by atoms with Crippen LogP contribution >= 0.6 is 33.3 Å². The SMILES string of the molecule is C=CC(CCSC)NC(=O)C(N)CSSCC. The van der Waals surface area contributed by atoms with Gasteiger partial charge in [0.15, 0.2) is 0 Å². The van der Waals surface area contributed by atoms with Gasteiger partial charge in [-0.2, -0.15) is 11.8 Å². The van der Waals surface area contributed by atoms with Crippen LogP contribution in [0, 0.1) is 0 Å². The average molecular weight is 295 g/mol. The van der Waals surface area contributed by atoms with Crippen LogP contribution in [0.4, 0.5) is 0 Å². The highest BCUT2D eigenvalue weighted by Crippen LogP contribution is 2.20. The van der Waals surface area contributed by atoms with Crippen molar-refractivity contribution in [2.24, 2.45) is 5.73 Å². The topological polar surface area (TPSA) is 55.1 Å². The van der Waals surface area contributed by atoms with E-state index in [0.717, 1.165) is 17.9 Å². The largest absolute Gasteiger partial charge is 0.349 e. The normalized spacial score (nSPS) is 14.1. The van der Waals surface area contributed by atoms with Crippen LogP contribution in [0.2, 0.25) is 0 Å². The summed E-state index contributed by atoms with van der Waals surface area (Å²) in [5, 5.41) is 2.91. The second kappa shape index (κ2) is 11.3. The Morgan fingerprint density at radius 2 is 2.24 bits per heavy atom. The first kappa shape index (κ1) is 17.2. The molecule has 3 N–H and O–H groups in total. The third-order valence-electron chi connectivity index (χ3n) is 2.03. The van der Waals surface area contributed by atoms with E-state index in [1.54, 1.807) is 39.4 Å². The van der Waals surface area contributed by atoms with Gasteiger partial charge in [-0.1, -0.05) is 34.6 Å². The van der Waals surface area contributed by atoms with Crippen molar-refractivity contribution in [1.82, 2.24) is 5.32 Å². The Morgan fingerprint density at radius 1 is 1.53 bits per heavy atom. The summed E-state index contributed by atoms with van der Waals surface area (Å²) in [4.78, 5) is 11.8. The zero-order valence-electron chi connectivity index (χ0n) is 10.5. The highest BCUT2D eigenvalue weighted by atomic mass is 33.1. The third kappa shape index (κ3) is 8.88. The molecule has 0 aromatic carbocycles. The Kier molecular flexibility index (Phi) is 11.5. The standard InChI is InChI=1S/C11H22N2OS3/c1-4-9(6-7-15-3)13-11(14)10(12)8-17-16-5-2/h4,9-10H,1,5-8,12H2,2-3H3,(H,13,14). The zero-order chi connectivity index (χ0) is 13.1. The number of rotatable bonds is 10. The fraction of sp³-hybridized carbons (Fsp3) is 0.727. The smallest absolute Gasteiger partial charge is 0.238 e. The molecular weight excluding hydrogens is 272 g/mol. The van der Waals surface area contributed by atoms with Crippen LogP contribution < -0.4 is 11.1 Å². The maximum absolute atomic E-state index is 11.8. The highest BCUT2D eigenvalue weighted by molar-refractivity contribution is 8.76. The van der Waals surface area contributed by atoms with Crippen LogP contribution in [-0.2, 0) is 4.79 Å². The van der Waals surface area contributed by atoms with E-state index in [2.05, 4.69) is 18.8 Å². The molecule has 0 radical (unpaired) electrons. The van der Waals surface area contributed by atoms with Gasteiger partial charge >= 0.3 is 0 Å².